The van der Waals surface area contributed by atoms with E-state index in [0.717, 1.165) is 29.0 Å². The molecule has 0 radical (unpaired) electrons. The molecule has 0 spiro atoms. The van der Waals surface area contributed by atoms with Crippen molar-refractivity contribution in [2.24, 2.45) is 11.8 Å². The third kappa shape index (κ3) is 4.41. The SMILES string of the molecule is Cc1ccc(CN2C(=O)CSc3ccc(C(=O)N[C@@H]4CCC[C@H](C)[C@H]4C)cc32)cc1. The summed E-state index contributed by atoms with van der Waals surface area (Å²) in [5, 5.41) is 3.25. The highest BCUT2D eigenvalue weighted by atomic mass is 32.2. The van der Waals surface area contributed by atoms with E-state index in [1.165, 1.54) is 12.0 Å². The Hall–Kier alpha value is -2.27. The summed E-state index contributed by atoms with van der Waals surface area (Å²) in [4.78, 5) is 28.6. The van der Waals surface area contributed by atoms with E-state index in [4.69, 9.17) is 0 Å². The molecule has 30 heavy (non-hydrogen) atoms. The molecule has 2 amide bonds. The van der Waals surface area contributed by atoms with Gasteiger partial charge in [0.15, 0.2) is 0 Å². The van der Waals surface area contributed by atoms with Crippen molar-refractivity contribution < 1.29 is 9.59 Å². The summed E-state index contributed by atoms with van der Waals surface area (Å²) in [6.45, 7) is 7.09. The molecule has 2 aliphatic rings. The van der Waals surface area contributed by atoms with Crippen LogP contribution in [0.3, 0.4) is 0 Å². The molecule has 0 unspecified atom stereocenters. The molecule has 5 heteroatoms. The molecule has 1 N–H and O–H groups in total. The molecule has 1 fully saturated rings. The third-order valence-electron chi connectivity index (χ3n) is 6.65. The summed E-state index contributed by atoms with van der Waals surface area (Å²) < 4.78 is 0. The van der Waals surface area contributed by atoms with E-state index in [-0.39, 0.29) is 17.9 Å². The summed E-state index contributed by atoms with van der Waals surface area (Å²) in [5.74, 6) is 1.59. The van der Waals surface area contributed by atoms with Gasteiger partial charge in [-0.25, -0.2) is 0 Å². The second-order valence-electron chi connectivity index (χ2n) is 8.78. The van der Waals surface area contributed by atoms with Gasteiger partial charge in [0.25, 0.3) is 5.91 Å². The smallest absolute Gasteiger partial charge is 0.251 e. The lowest BCUT2D eigenvalue weighted by Gasteiger charge is -2.34. The lowest BCUT2D eigenvalue weighted by Crippen LogP contribution is -2.43. The van der Waals surface area contributed by atoms with E-state index in [0.29, 0.717) is 29.7 Å². The molecule has 0 saturated heterocycles. The van der Waals surface area contributed by atoms with Crippen molar-refractivity contribution in [1.29, 1.82) is 0 Å². The zero-order chi connectivity index (χ0) is 21.3. The fourth-order valence-electron chi connectivity index (χ4n) is 4.43. The van der Waals surface area contributed by atoms with Crippen LogP contribution in [0.25, 0.3) is 0 Å². The lowest BCUT2D eigenvalue weighted by molar-refractivity contribution is -0.116. The van der Waals surface area contributed by atoms with Crippen LogP contribution in [-0.2, 0) is 11.3 Å². The summed E-state index contributed by atoms with van der Waals surface area (Å²) in [5.41, 5.74) is 3.76. The number of fused-ring (bicyclic) bond motifs is 1. The number of nitrogens with zero attached hydrogens (tertiary/aromatic N) is 1. The van der Waals surface area contributed by atoms with Gasteiger partial charge in [-0.1, -0.05) is 56.5 Å². The van der Waals surface area contributed by atoms with Crippen molar-refractivity contribution >= 4 is 29.3 Å². The first-order valence-corrected chi connectivity index (χ1v) is 11.8. The molecule has 2 aromatic carbocycles. The van der Waals surface area contributed by atoms with Gasteiger partial charge in [-0.05, 0) is 48.9 Å². The second-order valence-corrected chi connectivity index (χ2v) is 9.80. The molecule has 2 aromatic rings. The Kier molecular flexibility index (Phi) is 6.19. The maximum atomic E-state index is 13.0. The van der Waals surface area contributed by atoms with Crippen LogP contribution in [0.1, 0.15) is 54.6 Å². The maximum Gasteiger partial charge on any atom is 0.251 e. The van der Waals surface area contributed by atoms with Crippen LogP contribution in [0.2, 0.25) is 0 Å². The molecule has 4 nitrogen and oxygen atoms in total. The van der Waals surface area contributed by atoms with Crippen LogP contribution in [0.5, 0.6) is 0 Å². The normalized spacial score (nSPS) is 23.8. The Balaban J connectivity index is 1.56. The number of rotatable bonds is 4. The maximum absolute atomic E-state index is 13.0. The summed E-state index contributed by atoms with van der Waals surface area (Å²) in [6.07, 6.45) is 3.44. The van der Waals surface area contributed by atoms with Crippen molar-refractivity contribution in [3.8, 4) is 0 Å². The largest absolute Gasteiger partial charge is 0.349 e. The molecule has 158 valence electrons. The minimum absolute atomic E-state index is 0.0398. The molecule has 1 saturated carbocycles. The van der Waals surface area contributed by atoms with Gasteiger partial charge in [0.05, 0.1) is 18.0 Å². The highest BCUT2D eigenvalue weighted by Crippen LogP contribution is 2.37. The van der Waals surface area contributed by atoms with Gasteiger partial charge >= 0.3 is 0 Å². The second kappa shape index (κ2) is 8.84. The molecule has 3 atom stereocenters. The number of nitrogens with one attached hydrogen (secondary N) is 1. The predicted molar refractivity (Wildman–Crippen MR) is 123 cm³/mol. The predicted octanol–water partition coefficient (Wildman–Crippen LogP) is 5.19. The number of thioether (sulfide) groups is 1. The Labute approximate surface area is 183 Å². The minimum Gasteiger partial charge on any atom is -0.349 e. The summed E-state index contributed by atoms with van der Waals surface area (Å²) in [6, 6.07) is 14.2. The summed E-state index contributed by atoms with van der Waals surface area (Å²) >= 11 is 1.55. The van der Waals surface area contributed by atoms with Crippen molar-refractivity contribution in [3.05, 3.63) is 59.2 Å². The first kappa shape index (κ1) is 21.0. The first-order valence-electron chi connectivity index (χ1n) is 10.9. The van der Waals surface area contributed by atoms with Gasteiger partial charge in [0, 0.05) is 16.5 Å². The number of carbonyl (C=O) groups is 2. The average molecular weight is 423 g/mol. The molecule has 1 aliphatic heterocycles. The van der Waals surface area contributed by atoms with Crippen LogP contribution in [0.15, 0.2) is 47.4 Å². The van der Waals surface area contributed by atoms with E-state index >= 15 is 0 Å². The molecular formula is C25H30N2O2S. The highest BCUT2D eigenvalue weighted by molar-refractivity contribution is 8.00. The van der Waals surface area contributed by atoms with Gasteiger partial charge in [0.1, 0.15) is 0 Å². The Bertz CT molecular complexity index is 941. The van der Waals surface area contributed by atoms with Gasteiger partial charge in [-0.2, -0.15) is 0 Å². The van der Waals surface area contributed by atoms with Crippen molar-refractivity contribution in [2.45, 2.75) is 57.5 Å². The quantitative estimate of drug-likeness (QED) is 0.738. The minimum atomic E-state index is -0.0398. The zero-order valence-electron chi connectivity index (χ0n) is 18.0. The molecule has 0 aromatic heterocycles. The van der Waals surface area contributed by atoms with Gasteiger partial charge < -0.3 is 10.2 Å². The van der Waals surface area contributed by atoms with E-state index in [2.05, 4.69) is 50.4 Å². The molecule has 1 heterocycles. The van der Waals surface area contributed by atoms with Crippen molar-refractivity contribution in [2.75, 3.05) is 10.7 Å². The number of hydrogen-bond acceptors (Lipinski definition) is 3. The molecule has 4 rings (SSSR count). The van der Waals surface area contributed by atoms with Crippen LogP contribution < -0.4 is 10.2 Å². The van der Waals surface area contributed by atoms with Crippen LogP contribution in [0, 0.1) is 18.8 Å². The van der Waals surface area contributed by atoms with E-state index in [1.807, 2.05) is 23.1 Å². The number of hydrogen-bond donors (Lipinski definition) is 1. The number of carbonyl (C=O) groups excluding carboxylic acids is 2. The third-order valence-corrected chi connectivity index (χ3v) is 7.70. The fourth-order valence-corrected chi connectivity index (χ4v) is 5.35. The van der Waals surface area contributed by atoms with E-state index in [1.54, 1.807) is 11.8 Å². The average Bonchev–Trinajstić information content (AvgIpc) is 2.74. The van der Waals surface area contributed by atoms with Gasteiger partial charge in [-0.15, -0.1) is 11.8 Å². The number of anilines is 1. The first-order chi connectivity index (χ1) is 14.4. The number of benzene rings is 2. The Morgan fingerprint density at radius 3 is 2.67 bits per heavy atom. The topological polar surface area (TPSA) is 49.4 Å². The van der Waals surface area contributed by atoms with Gasteiger partial charge in [0.2, 0.25) is 5.91 Å². The molecular weight excluding hydrogens is 392 g/mol. The monoisotopic (exact) mass is 422 g/mol. The Morgan fingerprint density at radius 1 is 1.13 bits per heavy atom. The van der Waals surface area contributed by atoms with Crippen LogP contribution in [-0.4, -0.2) is 23.6 Å². The standard InChI is InChI=1S/C25H30N2O2S/c1-16-7-9-19(10-8-16)14-27-22-13-20(11-12-23(22)30-15-24(27)28)25(29)26-21-6-4-5-17(2)18(21)3/h7-13,17-18,21H,4-6,14-15H2,1-3H3,(H,26,29)/t17-,18+,21+/m0/s1. The zero-order valence-corrected chi connectivity index (χ0v) is 18.8. The fraction of sp³-hybridized carbons (Fsp3) is 0.440. The number of amides is 2. The lowest BCUT2D eigenvalue weighted by atomic mass is 9.78. The van der Waals surface area contributed by atoms with Crippen LogP contribution >= 0.6 is 11.8 Å². The van der Waals surface area contributed by atoms with E-state index in [9.17, 15) is 9.59 Å². The van der Waals surface area contributed by atoms with Crippen LogP contribution in [0.4, 0.5) is 5.69 Å². The summed E-state index contributed by atoms with van der Waals surface area (Å²) in [7, 11) is 0. The highest BCUT2D eigenvalue weighted by Gasteiger charge is 2.30. The van der Waals surface area contributed by atoms with E-state index < -0.39 is 0 Å². The number of aryl methyl sites for hydroxylation is 1. The van der Waals surface area contributed by atoms with Crippen molar-refractivity contribution in [1.82, 2.24) is 5.32 Å². The van der Waals surface area contributed by atoms with Gasteiger partial charge in [-0.3, -0.25) is 9.59 Å². The Morgan fingerprint density at radius 2 is 1.90 bits per heavy atom. The molecule has 1 aliphatic carbocycles. The van der Waals surface area contributed by atoms with Crippen molar-refractivity contribution in [3.63, 3.8) is 0 Å². The molecule has 0 bridgehead atoms.